The summed E-state index contributed by atoms with van der Waals surface area (Å²) in [6.45, 7) is 5.62. The zero-order valence-electron chi connectivity index (χ0n) is 18.2. The van der Waals surface area contributed by atoms with Gasteiger partial charge in [-0.15, -0.1) is 0 Å². The predicted octanol–water partition coefficient (Wildman–Crippen LogP) is 5.82. The molecule has 0 saturated heterocycles. The minimum absolute atomic E-state index is 0.480. The van der Waals surface area contributed by atoms with Crippen LogP contribution in [0.1, 0.15) is 36.8 Å². The summed E-state index contributed by atoms with van der Waals surface area (Å²) in [6.07, 6.45) is 3.78. The largest absolute Gasteiger partial charge is 0.494 e. The Morgan fingerprint density at radius 3 is 2.55 bits per heavy atom. The second-order valence-electron chi connectivity index (χ2n) is 7.71. The quantitative estimate of drug-likeness (QED) is 0.315. The summed E-state index contributed by atoms with van der Waals surface area (Å²) >= 11 is 3.78. The van der Waals surface area contributed by atoms with Gasteiger partial charge in [-0.2, -0.15) is 0 Å². The topological polar surface area (TPSA) is 62.3 Å². The molecule has 6 nitrogen and oxygen atoms in total. The van der Waals surface area contributed by atoms with Crippen LogP contribution >= 0.6 is 15.9 Å². The van der Waals surface area contributed by atoms with Gasteiger partial charge in [0.2, 0.25) is 0 Å². The van der Waals surface area contributed by atoms with E-state index in [0.29, 0.717) is 31.4 Å². The highest BCUT2D eigenvalue weighted by Crippen LogP contribution is 2.38. The zero-order chi connectivity index (χ0) is 22.0. The van der Waals surface area contributed by atoms with Gasteiger partial charge in [0.1, 0.15) is 28.9 Å². The maximum Gasteiger partial charge on any atom is 0.198 e. The summed E-state index contributed by atoms with van der Waals surface area (Å²) in [6, 6.07) is 10.6. The number of nitrogens with zero attached hydrogens (tertiary/aromatic N) is 3. The first kappa shape index (κ1) is 21.6. The lowest BCUT2D eigenvalue weighted by atomic mass is 10.0. The molecule has 2 aromatic carbocycles. The van der Waals surface area contributed by atoms with Crippen molar-refractivity contribution >= 4 is 27.0 Å². The summed E-state index contributed by atoms with van der Waals surface area (Å²) in [5, 5.41) is 0. The van der Waals surface area contributed by atoms with Gasteiger partial charge in [-0.05, 0) is 39.0 Å². The Hall–Kier alpha value is -2.64. The summed E-state index contributed by atoms with van der Waals surface area (Å²) in [5.41, 5.74) is 5.14. The van der Waals surface area contributed by atoms with E-state index >= 15 is 0 Å². The van der Waals surface area contributed by atoms with Crippen molar-refractivity contribution in [3.8, 4) is 17.1 Å². The van der Waals surface area contributed by atoms with E-state index in [2.05, 4.69) is 63.6 Å². The van der Waals surface area contributed by atoms with Gasteiger partial charge < -0.3 is 18.5 Å². The van der Waals surface area contributed by atoms with Crippen LogP contribution in [0.25, 0.3) is 22.4 Å². The van der Waals surface area contributed by atoms with Gasteiger partial charge in [0.15, 0.2) is 5.89 Å². The molecular formula is C24H26BrN3O3. The van der Waals surface area contributed by atoms with Crippen LogP contribution in [0, 0.1) is 0 Å². The Morgan fingerprint density at radius 2 is 1.94 bits per heavy atom. The van der Waals surface area contributed by atoms with Gasteiger partial charge >= 0.3 is 0 Å². The lowest BCUT2D eigenvalue weighted by Gasteiger charge is -2.13. The molecular weight excluding hydrogens is 458 g/mol. The number of methoxy groups -OCH3 is 2. The number of benzene rings is 2. The molecule has 0 aliphatic rings. The lowest BCUT2D eigenvalue weighted by molar-refractivity contribution is 0.188. The number of oxazole rings is 1. The highest BCUT2D eigenvalue weighted by Gasteiger charge is 2.22. The molecule has 0 aliphatic carbocycles. The third-order valence-corrected chi connectivity index (χ3v) is 6.28. The SMILES string of the molecule is COCCn1c(-c2ccc(C(C)C)cc2)nc2c(Br)c(Cc3ncco3)cc(OC)c21. The van der Waals surface area contributed by atoms with Crippen molar-refractivity contribution in [3.63, 3.8) is 0 Å². The van der Waals surface area contributed by atoms with Crippen molar-refractivity contribution in [2.45, 2.75) is 32.7 Å². The van der Waals surface area contributed by atoms with E-state index in [1.54, 1.807) is 26.7 Å². The van der Waals surface area contributed by atoms with Gasteiger partial charge in [-0.3, -0.25) is 0 Å². The van der Waals surface area contributed by atoms with Crippen molar-refractivity contribution in [2.24, 2.45) is 0 Å². The molecule has 0 radical (unpaired) electrons. The van der Waals surface area contributed by atoms with Crippen LogP contribution in [0.2, 0.25) is 0 Å². The van der Waals surface area contributed by atoms with E-state index in [-0.39, 0.29) is 0 Å². The van der Waals surface area contributed by atoms with E-state index in [1.165, 1.54) is 5.56 Å². The normalized spacial score (nSPS) is 11.5. The number of rotatable bonds is 8. The number of halogens is 1. The molecule has 0 fully saturated rings. The van der Waals surface area contributed by atoms with Crippen LogP contribution < -0.4 is 4.74 Å². The molecule has 0 spiro atoms. The Bertz CT molecular complexity index is 1170. The van der Waals surface area contributed by atoms with Gasteiger partial charge in [-0.25, -0.2) is 9.97 Å². The smallest absolute Gasteiger partial charge is 0.198 e. The van der Waals surface area contributed by atoms with Crippen LogP contribution in [0.15, 0.2) is 51.7 Å². The number of aromatic nitrogens is 3. The van der Waals surface area contributed by atoms with Crippen molar-refractivity contribution in [2.75, 3.05) is 20.8 Å². The maximum absolute atomic E-state index is 5.79. The Labute approximate surface area is 190 Å². The van der Waals surface area contributed by atoms with Gasteiger partial charge in [-0.1, -0.05) is 38.1 Å². The predicted molar refractivity (Wildman–Crippen MR) is 125 cm³/mol. The molecule has 0 unspecified atom stereocenters. The maximum atomic E-state index is 5.79. The average molecular weight is 484 g/mol. The van der Waals surface area contributed by atoms with Crippen LogP contribution in [0.3, 0.4) is 0 Å². The third-order valence-electron chi connectivity index (χ3n) is 5.40. The Kier molecular flexibility index (Phi) is 6.43. The summed E-state index contributed by atoms with van der Waals surface area (Å²) in [7, 11) is 3.39. The number of ether oxygens (including phenoxy) is 2. The van der Waals surface area contributed by atoms with E-state index in [1.807, 2.05) is 6.07 Å². The van der Waals surface area contributed by atoms with Gasteiger partial charge in [0.05, 0.1) is 26.3 Å². The zero-order valence-corrected chi connectivity index (χ0v) is 19.8. The van der Waals surface area contributed by atoms with E-state index in [4.69, 9.17) is 18.9 Å². The first-order chi connectivity index (χ1) is 15.0. The van der Waals surface area contributed by atoms with Crippen LogP contribution in [-0.4, -0.2) is 35.4 Å². The second kappa shape index (κ2) is 9.24. The monoisotopic (exact) mass is 483 g/mol. The van der Waals surface area contributed by atoms with E-state index in [9.17, 15) is 0 Å². The molecule has 2 aromatic heterocycles. The highest BCUT2D eigenvalue weighted by molar-refractivity contribution is 9.10. The third kappa shape index (κ3) is 4.25. The molecule has 4 aromatic rings. The fraction of sp³-hybridized carbons (Fsp3) is 0.333. The van der Waals surface area contributed by atoms with E-state index < -0.39 is 0 Å². The van der Waals surface area contributed by atoms with Crippen molar-refractivity contribution in [1.82, 2.24) is 14.5 Å². The molecule has 0 amide bonds. The molecule has 162 valence electrons. The summed E-state index contributed by atoms with van der Waals surface area (Å²) in [4.78, 5) is 9.29. The van der Waals surface area contributed by atoms with E-state index in [0.717, 1.165) is 38.2 Å². The van der Waals surface area contributed by atoms with Crippen molar-refractivity contribution in [1.29, 1.82) is 0 Å². The van der Waals surface area contributed by atoms with Crippen LogP contribution in [0.5, 0.6) is 5.75 Å². The molecule has 0 bridgehead atoms. The molecule has 0 atom stereocenters. The van der Waals surface area contributed by atoms with Crippen LogP contribution in [-0.2, 0) is 17.7 Å². The second-order valence-corrected chi connectivity index (χ2v) is 8.50. The minimum Gasteiger partial charge on any atom is -0.494 e. The van der Waals surface area contributed by atoms with Gasteiger partial charge in [0.25, 0.3) is 0 Å². The summed E-state index contributed by atoms with van der Waals surface area (Å²) in [5.74, 6) is 2.77. The molecule has 2 heterocycles. The summed E-state index contributed by atoms with van der Waals surface area (Å²) < 4.78 is 19.7. The van der Waals surface area contributed by atoms with Gasteiger partial charge in [0, 0.05) is 23.7 Å². The number of hydrogen-bond donors (Lipinski definition) is 0. The molecule has 0 saturated carbocycles. The fourth-order valence-electron chi connectivity index (χ4n) is 3.72. The molecule has 31 heavy (non-hydrogen) atoms. The molecule has 7 heteroatoms. The lowest BCUT2D eigenvalue weighted by Crippen LogP contribution is -2.07. The fourth-order valence-corrected chi connectivity index (χ4v) is 4.25. The van der Waals surface area contributed by atoms with Crippen LogP contribution in [0.4, 0.5) is 0 Å². The molecule has 0 aliphatic heterocycles. The minimum atomic E-state index is 0.480. The Morgan fingerprint density at radius 1 is 1.16 bits per heavy atom. The first-order valence-electron chi connectivity index (χ1n) is 10.3. The first-order valence-corrected chi connectivity index (χ1v) is 11.1. The number of hydrogen-bond acceptors (Lipinski definition) is 5. The average Bonchev–Trinajstić information content (AvgIpc) is 3.42. The Balaban J connectivity index is 1.90. The molecule has 0 N–H and O–H groups in total. The van der Waals surface area contributed by atoms with Crippen molar-refractivity contribution < 1.29 is 13.9 Å². The van der Waals surface area contributed by atoms with Crippen molar-refractivity contribution in [3.05, 3.63) is 64.3 Å². The highest BCUT2D eigenvalue weighted by atomic mass is 79.9. The number of imidazole rings is 1. The molecule has 4 rings (SSSR count). The standard InChI is InChI=1S/C24H26BrN3O3/c1-15(2)16-5-7-17(8-6-16)24-27-22-21(25)18(14-20-26-9-11-31-20)13-19(30-4)23(22)28(24)10-12-29-3/h5-9,11,13,15H,10,12,14H2,1-4H3. The number of fused-ring (bicyclic) bond motifs is 1.